The van der Waals surface area contributed by atoms with Gasteiger partial charge in [0.05, 0.1) is 0 Å². The third kappa shape index (κ3) is 4.67. The molecule has 142 valence electrons. The van der Waals surface area contributed by atoms with Gasteiger partial charge in [-0.15, -0.1) is 0 Å². The molecule has 6 nitrogen and oxygen atoms in total. The van der Waals surface area contributed by atoms with E-state index in [1.165, 1.54) is 9.80 Å². The average molecular weight is 374 g/mol. The topological polar surface area (TPSA) is 64.7 Å². The van der Waals surface area contributed by atoms with Gasteiger partial charge in [-0.05, 0) is 42.5 Å². The second-order valence-electron chi connectivity index (χ2n) is 6.23. The Hall–Kier alpha value is -3.80. The molecule has 3 aromatic carbocycles. The highest BCUT2D eigenvalue weighted by Gasteiger charge is 2.13. The van der Waals surface area contributed by atoms with Crippen molar-refractivity contribution >= 4 is 34.8 Å². The Morgan fingerprint density at radius 3 is 1.39 bits per heavy atom. The van der Waals surface area contributed by atoms with Gasteiger partial charge in [0.15, 0.2) is 0 Å². The van der Waals surface area contributed by atoms with Gasteiger partial charge in [0.2, 0.25) is 0 Å². The number of benzene rings is 3. The quantitative estimate of drug-likeness (QED) is 0.673. The molecule has 0 aliphatic carbocycles. The number of hydrogen-bond acceptors (Lipinski definition) is 2. The minimum absolute atomic E-state index is 0.268. The molecule has 4 amide bonds. The Labute approximate surface area is 164 Å². The van der Waals surface area contributed by atoms with E-state index in [4.69, 9.17) is 0 Å². The summed E-state index contributed by atoms with van der Waals surface area (Å²) in [4.78, 5) is 28.0. The lowest BCUT2D eigenvalue weighted by molar-refractivity contribution is 0.257. The molecular formula is C22H22N4O2. The van der Waals surface area contributed by atoms with Crippen LogP contribution in [0, 0.1) is 0 Å². The minimum Gasteiger partial charge on any atom is -0.307 e. The number of carbonyl (C=O) groups excluding carboxylic acids is 2. The number of hydrogen-bond donors (Lipinski definition) is 2. The monoisotopic (exact) mass is 374 g/mol. The summed E-state index contributed by atoms with van der Waals surface area (Å²) in [6.07, 6.45) is 0. The number of nitrogens with one attached hydrogen (secondary N) is 2. The predicted molar refractivity (Wildman–Crippen MR) is 114 cm³/mol. The molecule has 0 aliphatic rings. The highest BCUT2D eigenvalue weighted by atomic mass is 16.2. The van der Waals surface area contributed by atoms with Gasteiger partial charge in [0.1, 0.15) is 0 Å². The molecule has 0 saturated carbocycles. The Bertz CT molecular complexity index is 870. The molecule has 0 bridgehead atoms. The maximum atomic E-state index is 12.5. The first-order chi connectivity index (χ1) is 13.5. The smallest absolute Gasteiger partial charge is 0.307 e. The van der Waals surface area contributed by atoms with Crippen LogP contribution in [0.15, 0.2) is 84.9 Å². The molecule has 3 aromatic rings. The number of nitrogens with zero attached hydrogens (tertiary/aromatic N) is 2. The van der Waals surface area contributed by atoms with Gasteiger partial charge in [-0.1, -0.05) is 42.5 Å². The first kappa shape index (κ1) is 19.0. The van der Waals surface area contributed by atoms with Crippen LogP contribution in [0.4, 0.5) is 32.3 Å². The SMILES string of the molecule is CN(C(=O)Nc1cccc(NC(=O)N(C)c2ccccc2)c1)c1ccccc1. The van der Waals surface area contributed by atoms with E-state index >= 15 is 0 Å². The van der Waals surface area contributed by atoms with Crippen molar-refractivity contribution in [2.75, 3.05) is 34.5 Å². The zero-order chi connectivity index (χ0) is 19.9. The van der Waals surface area contributed by atoms with Crippen LogP contribution < -0.4 is 20.4 Å². The Balaban J connectivity index is 1.65. The maximum Gasteiger partial charge on any atom is 0.326 e. The van der Waals surface area contributed by atoms with E-state index in [-0.39, 0.29) is 12.1 Å². The first-order valence-corrected chi connectivity index (χ1v) is 8.84. The van der Waals surface area contributed by atoms with Crippen molar-refractivity contribution in [3.05, 3.63) is 84.9 Å². The van der Waals surface area contributed by atoms with Crippen molar-refractivity contribution in [2.45, 2.75) is 0 Å². The van der Waals surface area contributed by atoms with Gasteiger partial charge in [-0.3, -0.25) is 9.80 Å². The molecule has 28 heavy (non-hydrogen) atoms. The second kappa shape index (κ2) is 8.73. The number of para-hydroxylation sites is 2. The van der Waals surface area contributed by atoms with E-state index in [1.54, 1.807) is 38.4 Å². The average Bonchev–Trinajstić information content (AvgIpc) is 2.74. The molecule has 0 atom stereocenters. The summed E-state index contributed by atoms with van der Waals surface area (Å²) in [5, 5.41) is 5.67. The highest BCUT2D eigenvalue weighted by Crippen LogP contribution is 2.19. The van der Waals surface area contributed by atoms with Crippen LogP contribution in [0.5, 0.6) is 0 Å². The molecule has 2 N–H and O–H groups in total. The Morgan fingerprint density at radius 1 is 0.607 bits per heavy atom. The summed E-state index contributed by atoms with van der Waals surface area (Å²) < 4.78 is 0. The van der Waals surface area contributed by atoms with Crippen molar-refractivity contribution in [3.63, 3.8) is 0 Å². The molecule has 0 aromatic heterocycles. The third-order valence-corrected chi connectivity index (χ3v) is 4.26. The summed E-state index contributed by atoms with van der Waals surface area (Å²) in [7, 11) is 3.40. The van der Waals surface area contributed by atoms with Crippen LogP contribution >= 0.6 is 0 Å². The zero-order valence-electron chi connectivity index (χ0n) is 15.8. The fraction of sp³-hybridized carbons (Fsp3) is 0.0909. The van der Waals surface area contributed by atoms with Crippen molar-refractivity contribution < 1.29 is 9.59 Å². The summed E-state index contributed by atoms with van der Waals surface area (Å²) in [6, 6.07) is 25.2. The van der Waals surface area contributed by atoms with Crippen LogP contribution in [-0.2, 0) is 0 Å². The molecule has 6 heteroatoms. The van der Waals surface area contributed by atoms with Crippen LogP contribution in [0.3, 0.4) is 0 Å². The second-order valence-corrected chi connectivity index (χ2v) is 6.23. The minimum atomic E-state index is -0.268. The van der Waals surface area contributed by atoms with E-state index in [1.807, 2.05) is 60.7 Å². The molecule has 0 heterocycles. The van der Waals surface area contributed by atoms with E-state index in [0.29, 0.717) is 11.4 Å². The predicted octanol–water partition coefficient (Wildman–Crippen LogP) is 5.02. The zero-order valence-corrected chi connectivity index (χ0v) is 15.8. The number of rotatable bonds is 4. The standard InChI is InChI=1S/C22H22N4O2/c1-25(19-12-5-3-6-13-19)21(27)23-17-10-9-11-18(16-17)24-22(28)26(2)20-14-7-4-8-15-20/h3-16H,1-2H3,(H,23,27)(H,24,28). The number of anilines is 4. The molecule has 0 spiro atoms. The van der Waals surface area contributed by atoms with Crippen molar-refractivity contribution in [1.29, 1.82) is 0 Å². The van der Waals surface area contributed by atoms with Crippen molar-refractivity contribution in [2.24, 2.45) is 0 Å². The van der Waals surface area contributed by atoms with Gasteiger partial charge >= 0.3 is 12.1 Å². The van der Waals surface area contributed by atoms with E-state index in [0.717, 1.165) is 11.4 Å². The maximum absolute atomic E-state index is 12.5. The molecule has 0 saturated heterocycles. The number of urea groups is 2. The van der Waals surface area contributed by atoms with Crippen LogP contribution in [0.25, 0.3) is 0 Å². The lowest BCUT2D eigenvalue weighted by Crippen LogP contribution is -2.32. The van der Waals surface area contributed by atoms with Crippen molar-refractivity contribution in [1.82, 2.24) is 0 Å². The normalized spacial score (nSPS) is 10.1. The Kier molecular flexibility index (Phi) is 5.91. The molecule has 0 radical (unpaired) electrons. The van der Waals surface area contributed by atoms with E-state index in [9.17, 15) is 9.59 Å². The fourth-order valence-corrected chi connectivity index (χ4v) is 2.63. The van der Waals surface area contributed by atoms with Gasteiger partial charge in [0.25, 0.3) is 0 Å². The summed E-state index contributed by atoms with van der Waals surface area (Å²) in [6.45, 7) is 0. The van der Waals surface area contributed by atoms with Gasteiger partial charge < -0.3 is 10.6 Å². The van der Waals surface area contributed by atoms with Crippen LogP contribution in [0.2, 0.25) is 0 Å². The molecule has 0 fully saturated rings. The Morgan fingerprint density at radius 2 is 1.00 bits per heavy atom. The lowest BCUT2D eigenvalue weighted by atomic mass is 10.2. The van der Waals surface area contributed by atoms with Crippen LogP contribution in [-0.4, -0.2) is 26.2 Å². The molecule has 0 unspecified atom stereocenters. The summed E-state index contributed by atoms with van der Waals surface area (Å²) >= 11 is 0. The van der Waals surface area contributed by atoms with Crippen molar-refractivity contribution in [3.8, 4) is 0 Å². The first-order valence-electron chi connectivity index (χ1n) is 8.84. The summed E-state index contributed by atoms with van der Waals surface area (Å²) in [5.74, 6) is 0. The summed E-state index contributed by atoms with van der Waals surface area (Å²) in [5.41, 5.74) is 2.75. The van der Waals surface area contributed by atoms with Gasteiger partial charge in [-0.25, -0.2) is 9.59 Å². The van der Waals surface area contributed by atoms with E-state index < -0.39 is 0 Å². The van der Waals surface area contributed by atoms with Gasteiger partial charge in [0, 0.05) is 36.8 Å². The number of amides is 4. The molecular weight excluding hydrogens is 352 g/mol. The third-order valence-electron chi connectivity index (χ3n) is 4.26. The van der Waals surface area contributed by atoms with Crippen LogP contribution in [0.1, 0.15) is 0 Å². The largest absolute Gasteiger partial charge is 0.326 e. The molecule has 0 aliphatic heterocycles. The van der Waals surface area contributed by atoms with E-state index in [2.05, 4.69) is 10.6 Å². The van der Waals surface area contributed by atoms with Gasteiger partial charge in [-0.2, -0.15) is 0 Å². The molecule has 3 rings (SSSR count). The fourth-order valence-electron chi connectivity index (χ4n) is 2.63. The highest BCUT2D eigenvalue weighted by molar-refractivity contribution is 6.03. The number of carbonyl (C=O) groups is 2. The lowest BCUT2D eigenvalue weighted by Gasteiger charge is -2.19.